The summed E-state index contributed by atoms with van der Waals surface area (Å²) < 4.78 is 28.7. The summed E-state index contributed by atoms with van der Waals surface area (Å²) in [7, 11) is -2.10. The predicted octanol–water partition coefficient (Wildman–Crippen LogP) is 6.62. The van der Waals surface area contributed by atoms with Gasteiger partial charge in [0.1, 0.15) is 0 Å². The zero-order chi connectivity index (χ0) is 26.6. The van der Waals surface area contributed by atoms with Crippen molar-refractivity contribution in [1.82, 2.24) is 4.90 Å². The van der Waals surface area contributed by atoms with E-state index in [1.54, 1.807) is 84.7 Å². The highest BCUT2D eigenvalue weighted by Gasteiger charge is 2.26. The number of aryl methyl sites for hydroxylation is 2. The topological polar surface area (TPSA) is 57.7 Å². The second kappa shape index (κ2) is 11.2. The monoisotopic (exact) mass is 532 g/mol. The molecule has 0 aromatic heterocycles. The van der Waals surface area contributed by atoms with Gasteiger partial charge in [-0.1, -0.05) is 77.8 Å². The third-order valence-electron chi connectivity index (χ3n) is 6.19. The predicted molar refractivity (Wildman–Crippen MR) is 149 cm³/mol. The Bertz CT molecular complexity index is 1490. The van der Waals surface area contributed by atoms with Gasteiger partial charge in [0.05, 0.1) is 17.1 Å². The van der Waals surface area contributed by atoms with E-state index in [0.717, 1.165) is 16.7 Å². The molecule has 37 heavy (non-hydrogen) atoms. The molecule has 0 atom stereocenters. The van der Waals surface area contributed by atoms with Crippen LogP contribution in [0.2, 0.25) is 5.02 Å². The van der Waals surface area contributed by atoms with Crippen molar-refractivity contribution >= 4 is 33.2 Å². The molecule has 0 aliphatic carbocycles. The van der Waals surface area contributed by atoms with Crippen molar-refractivity contribution in [3.8, 4) is 0 Å². The van der Waals surface area contributed by atoms with E-state index in [2.05, 4.69) is 0 Å². The van der Waals surface area contributed by atoms with E-state index < -0.39 is 10.0 Å². The van der Waals surface area contributed by atoms with Gasteiger partial charge >= 0.3 is 0 Å². The van der Waals surface area contributed by atoms with E-state index in [1.807, 2.05) is 38.1 Å². The van der Waals surface area contributed by atoms with Crippen LogP contribution in [0.15, 0.2) is 102 Å². The number of hydrogen-bond donors (Lipinski definition) is 0. The first-order chi connectivity index (χ1) is 17.6. The minimum Gasteiger partial charge on any atom is -0.337 e. The van der Waals surface area contributed by atoms with Crippen molar-refractivity contribution in [2.75, 3.05) is 11.4 Å². The summed E-state index contributed by atoms with van der Waals surface area (Å²) in [5.74, 6) is -0.105. The zero-order valence-electron chi connectivity index (χ0n) is 21.1. The SMILES string of the molecule is Cc1ccc(CN(C)C(=O)c2ccc(CN(c3cc(Cl)ccc3C)S(=O)(=O)c3ccccc3)cc2)cc1. The lowest BCUT2D eigenvalue weighted by Gasteiger charge is -2.26. The minimum absolute atomic E-state index is 0.0894. The average Bonchev–Trinajstić information content (AvgIpc) is 2.90. The van der Waals surface area contributed by atoms with Crippen LogP contribution in [0.4, 0.5) is 5.69 Å². The van der Waals surface area contributed by atoms with Crippen molar-refractivity contribution in [2.45, 2.75) is 31.8 Å². The van der Waals surface area contributed by atoms with E-state index in [1.165, 1.54) is 9.87 Å². The van der Waals surface area contributed by atoms with Crippen LogP contribution in [0.5, 0.6) is 0 Å². The Morgan fingerprint density at radius 1 is 0.784 bits per heavy atom. The molecule has 4 aromatic carbocycles. The first-order valence-corrected chi connectivity index (χ1v) is 13.7. The van der Waals surface area contributed by atoms with Crippen molar-refractivity contribution < 1.29 is 13.2 Å². The number of anilines is 1. The molecule has 0 aliphatic rings. The molecule has 0 radical (unpaired) electrons. The van der Waals surface area contributed by atoms with E-state index >= 15 is 0 Å². The molecule has 0 saturated carbocycles. The first kappa shape index (κ1) is 26.5. The molecule has 0 saturated heterocycles. The Morgan fingerprint density at radius 3 is 2.03 bits per heavy atom. The molecule has 4 rings (SSSR count). The quantitative estimate of drug-likeness (QED) is 0.256. The van der Waals surface area contributed by atoms with Crippen molar-refractivity contribution in [3.63, 3.8) is 0 Å². The fourth-order valence-electron chi connectivity index (χ4n) is 4.05. The summed E-state index contributed by atoms with van der Waals surface area (Å²) in [6.07, 6.45) is 0. The van der Waals surface area contributed by atoms with Gasteiger partial charge in [0.25, 0.3) is 15.9 Å². The maximum Gasteiger partial charge on any atom is 0.264 e. The molecule has 0 fully saturated rings. The molecular formula is C30H29ClN2O3S. The molecule has 7 heteroatoms. The summed E-state index contributed by atoms with van der Waals surface area (Å²) in [6.45, 7) is 4.47. The third kappa shape index (κ3) is 6.21. The average molecular weight is 533 g/mol. The van der Waals surface area contributed by atoms with E-state index in [4.69, 9.17) is 11.6 Å². The largest absolute Gasteiger partial charge is 0.337 e. The van der Waals surface area contributed by atoms with Crippen LogP contribution >= 0.6 is 11.6 Å². The number of sulfonamides is 1. The number of nitrogens with zero attached hydrogens (tertiary/aromatic N) is 2. The Balaban J connectivity index is 1.59. The summed E-state index contributed by atoms with van der Waals surface area (Å²) in [4.78, 5) is 14.9. The molecule has 4 aromatic rings. The molecule has 0 N–H and O–H groups in total. The third-order valence-corrected chi connectivity index (χ3v) is 8.19. The highest BCUT2D eigenvalue weighted by molar-refractivity contribution is 7.92. The van der Waals surface area contributed by atoms with Crippen molar-refractivity contribution in [2.24, 2.45) is 0 Å². The van der Waals surface area contributed by atoms with Gasteiger partial charge in [0, 0.05) is 24.2 Å². The number of carbonyl (C=O) groups is 1. The van der Waals surface area contributed by atoms with Crippen LogP contribution in [0.3, 0.4) is 0 Å². The Kier molecular flexibility index (Phi) is 8.00. The van der Waals surface area contributed by atoms with E-state index in [9.17, 15) is 13.2 Å². The molecule has 0 unspecified atom stereocenters. The molecule has 5 nitrogen and oxygen atoms in total. The maximum atomic E-state index is 13.7. The smallest absolute Gasteiger partial charge is 0.264 e. The van der Waals surface area contributed by atoms with Crippen LogP contribution in [-0.2, 0) is 23.1 Å². The van der Waals surface area contributed by atoms with Gasteiger partial charge in [0.15, 0.2) is 0 Å². The summed E-state index contributed by atoms with van der Waals surface area (Å²) in [6, 6.07) is 28.7. The first-order valence-electron chi connectivity index (χ1n) is 11.9. The summed E-state index contributed by atoms with van der Waals surface area (Å²) >= 11 is 6.25. The van der Waals surface area contributed by atoms with Crippen LogP contribution in [0.25, 0.3) is 0 Å². The normalized spacial score (nSPS) is 11.2. The summed E-state index contributed by atoms with van der Waals surface area (Å²) in [5.41, 5.74) is 4.80. The molecule has 0 bridgehead atoms. The van der Waals surface area contributed by atoms with Crippen LogP contribution in [-0.4, -0.2) is 26.3 Å². The lowest BCUT2D eigenvalue weighted by atomic mass is 10.1. The zero-order valence-corrected chi connectivity index (χ0v) is 22.6. The van der Waals surface area contributed by atoms with Gasteiger partial charge < -0.3 is 4.90 Å². The van der Waals surface area contributed by atoms with E-state index in [0.29, 0.717) is 22.8 Å². The molecule has 0 spiro atoms. The number of halogens is 1. The molecule has 0 aliphatic heterocycles. The van der Waals surface area contributed by atoms with Crippen LogP contribution in [0, 0.1) is 13.8 Å². The van der Waals surface area contributed by atoms with E-state index in [-0.39, 0.29) is 17.3 Å². The van der Waals surface area contributed by atoms with Gasteiger partial charge in [-0.05, 0) is 66.9 Å². The number of hydrogen-bond acceptors (Lipinski definition) is 3. The minimum atomic E-state index is -3.87. The maximum absolute atomic E-state index is 13.7. The molecule has 0 heterocycles. The van der Waals surface area contributed by atoms with Gasteiger partial charge in [-0.25, -0.2) is 8.42 Å². The van der Waals surface area contributed by atoms with Crippen molar-refractivity contribution in [1.29, 1.82) is 0 Å². The van der Waals surface area contributed by atoms with Crippen molar-refractivity contribution in [3.05, 3.63) is 130 Å². The molecule has 1 amide bonds. The lowest BCUT2D eigenvalue weighted by Crippen LogP contribution is -2.31. The Morgan fingerprint density at radius 2 is 1.38 bits per heavy atom. The van der Waals surface area contributed by atoms with Gasteiger partial charge in [0.2, 0.25) is 0 Å². The second-order valence-corrected chi connectivity index (χ2v) is 11.4. The van der Waals surface area contributed by atoms with Gasteiger partial charge in [-0.15, -0.1) is 0 Å². The Hall–Kier alpha value is -3.61. The second-order valence-electron chi connectivity index (χ2n) is 9.10. The Labute approximate surface area is 224 Å². The summed E-state index contributed by atoms with van der Waals surface area (Å²) in [5, 5.41) is 0.450. The fourth-order valence-corrected chi connectivity index (χ4v) is 5.75. The number of rotatable bonds is 8. The van der Waals surface area contributed by atoms with Gasteiger partial charge in [-0.3, -0.25) is 9.10 Å². The standard InChI is InChI=1S/C30H29ClN2O3S/c1-22-9-12-24(13-10-22)20-32(3)30(34)26-16-14-25(15-17-26)21-33(29-19-27(31)18-11-23(29)2)37(35,36)28-7-5-4-6-8-28/h4-19H,20-21H2,1-3H3. The molecular weight excluding hydrogens is 504 g/mol. The number of amides is 1. The van der Waals surface area contributed by atoms with Crippen LogP contribution in [0.1, 0.15) is 32.6 Å². The number of benzene rings is 4. The molecule has 190 valence electrons. The highest BCUT2D eigenvalue weighted by Crippen LogP contribution is 2.31. The number of carbonyl (C=O) groups excluding carboxylic acids is 1. The van der Waals surface area contributed by atoms with Gasteiger partial charge in [-0.2, -0.15) is 0 Å². The lowest BCUT2D eigenvalue weighted by molar-refractivity contribution is 0.0785. The fraction of sp³-hybridized carbons (Fsp3) is 0.167. The highest BCUT2D eigenvalue weighted by atomic mass is 35.5. The van der Waals surface area contributed by atoms with Crippen LogP contribution < -0.4 is 4.31 Å².